The molecule has 2 aromatic carbocycles. The Labute approximate surface area is 222 Å². The summed E-state index contributed by atoms with van der Waals surface area (Å²) in [6.07, 6.45) is 0.491. The Morgan fingerprint density at radius 3 is 2.59 bits per heavy atom. The third-order valence-corrected chi connectivity index (χ3v) is 8.46. The summed E-state index contributed by atoms with van der Waals surface area (Å²) in [5.41, 5.74) is 0.410. The molecule has 0 saturated carbocycles. The van der Waals surface area contributed by atoms with Crippen molar-refractivity contribution in [1.82, 2.24) is 9.97 Å². The number of carbonyl (C=O) groups is 1. The van der Waals surface area contributed by atoms with Crippen LogP contribution in [0.1, 0.15) is 24.2 Å². The lowest BCUT2D eigenvalue weighted by atomic mass is 9.82. The molecule has 2 aliphatic heterocycles. The fraction of sp³-hybridized carbons (Fsp3) is 0.296. The number of carbonyl (C=O) groups excluding carboxylic acids is 1. The van der Waals surface area contributed by atoms with Crippen LogP contribution in [-0.4, -0.2) is 52.6 Å². The molecule has 2 saturated heterocycles. The van der Waals surface area contributed by atoms with E-state index in [-0.39, 0.29) is 13.2 Å². The number of nitrogens with one attached hydrogen (secondary N) is 1. The zero-order valence-electron chi connectivity index (χ0n) is 20.1. The van der Waals surface area contributed by atoms with Crippen molar-refractivity contribution in [3.63, 3.8) is 0 Å². The van der Waals surface area contributed by atoms with Crippen LogP contribution in [0.25, 0.3) is 10.2 Å². The van der Waals surface area contributed by atoms with Gasteiger partial charge in [-0.1, -0.05) is 29.8 Å². The summed E-state index contributed by atoms with van der Waals surface area (Å²) in [5, 5.41) is 5.72. The van der Waals surface area contributed by atoms with Crippen LogP contribution in [0.2, 0.25) is 5.02 Å². The van der Waals surface area contributed by atoms with Gasteiger partial charge in [-0.3, -0.25) is 0 Å². The third kappa shape index (κ3) is 4.12. The molecule has 190 valence electrons. The highest BCUT2D eigenvalue weighted by molar-refractivity contribution is 7.17. The zero-order chi connectivity index (χ0) is 25.6. The number of fused-ring (bicyclic) bond motifs is 2. The molecule has 1 N–H and O–H groups in total. The van der Waals surface area contributed by atoms with Gasteiger partial charge in [0.1, 0.15) is 23.3 Å². The topological polar surface area (TPSA) is 91.8 Å². The normalized spacial score (nSPS) is 26.7. The number of esters is 1. The fourth-order valence-electron chi connectivity index (χ4n) is 4.83. The van der Waals surface area contributed by atoms with Crippen LogP contribution in [0.3, 0.4) is 0 Å². The number of anilines is 2. The Balaban J connectivity index is 1.16. The van der Waals surface area contributed by atoms with Crippen LogP contribution in [0.4, 0.5) is 11.5 Å². The van der Waals surface area contributed by atoms with E-state index in [4.69, 9.17) is 30.5 Å². The average molecular weight is 538 g/mol. The summed E-state index contributed by atoms with van der Waals surface area (Å²) in [4.78, 5) is 21.3. The Hall–Kier alpha value is -3.24. The van der Waals surface area contributed by atoms with Gasteiger partial charge in [-0.05, 0) is 55.6 Å². The molecule has 6 rings (SSSR count). The van der Waals surface area contributed by atoms with Crippen LogP contribution >= 0.6 is 22.9 Å². The van der Waals surface area contributed by atoms with Gasteiger partial charge in [-0.15, -0.1) is 11.3 Å². The quantitative estimate of drug-likeness (QED) is 0.316. The van der Waals surface area contributed by atoms with Gasteiger partial charge in [0.2, 0.25) is 0 Å². The summed E-state index contributed by atoms with van der Waals surface area (Å²) < 4.78 is 25.5. The molecule has 37 heavy (non-hydrogen) atoms. The van der Waals surface area contributed by atoms with Gasteiger partial charge in [0, 0.05) is 5.69 Å². The second-order valence-electron chi connectivity index (χ2n) is 9.33. The van der Waals surface area contributed by atoms with Crippen LogP contribution < -0.4 is 10.1 Å². The zero-order valence-corrected chi connectivity index (χ0v) is 21.7. The monoisotopic (exact) mass is 537 g/mol. The summed E-state index contributed by atoms with van der Waals surface area (Å²) in [7, 11) is 0. The Morgan fingerprint density at radius 2 is 1.81 bits per heavy atom. The molecular weight excluding hydrogens is 514 g/mol. The third-order valence-electron chi connectivity index (χ3n) is 7.25. The van der Waals surface area contributed by atoms with Gasteiger partial charge < -0.3 is 24.3 Å². The minimum Gasteiger partial charge on any atom is -0.483 e. The van der Waals surface area contributed by atoms with E-state index >= 15 is 0 Å². The van der Waals surface area contributed by atoms with Gasteiger partial charge >= 0.3 is 5.97 Å². The minimum absolute atomic E-state index is 0.206. The van der Waals surface area contributed by atoms with Crippen molar-refractivity contribution in [1.29, 1.82) is 0 Å². The molecule has 0 bridgehead atoms. The van der Waals surface area contributed by atoms with Crippen LogP contribution in [0.5, 0.6) is 5.75 Å². The largest absolute Gasteiger partial charge is 0.483 e. The van der Waals surface area contributed by atoms with Crippen LogP contribution in [0.15, 0.2) is 66.3 Å². The number of thiophene rings is 1. The van der Waals surface area contributed by atoms with Crippen molar-refractivity contribution >= 4 is 50.6 Å². The summed E-state index contributed by atoms with van der Waals surface area (Å²) in [5.74, 6) is 0.804. The maximum atomic E-state index is 12.7. The fourth-order valence-corrected chi connectivity index (χ4v) is 5.85. The molecular formula is C27H24ClN3O5S. The molecule has 2 aliphatic rings. The molecule has 0 amide bonds. The highest BCUT2D eigenvalue weighted by Gasteiger charge is 2.68. The lowest BCUT2D eigenvalue weighted by Gasteiger charge is -2.36. The highest BCUT2D eigenvalue weighted by atomic mass is 35.5. The first kappa shape index (κ1) is 24.1. The molecule has 0 radical (unpaired) electrons. The van der Waals surface area contributed by atoms with E-state index < -0.39 is 29.4 Å². The lowest BCUT2D eigenvalue weighted by Crippen LogP contribution is -2.55. The number of hydrogen-bond donors (Lipinski definition) is 1. The molecule has 2 aromatic heterocycles. The number of halogens is 1. The first-order valence-electron chi connectivity index (χ1n) is 11.8. The maximum Gasteiger partial charge on any atom is 0.338 e. The smallest absolute Gasteiger partial charge is 0.338 e. The number of rotatable bonds is 6. The number of benzene rings is 2. The highest BCUT2D eigenvalue weighted by Crippen LogP contribution is 2.49. The molecule has 0 unspecified atom stereocenters. The van der Waals surface area contributed by atoms with Crippen molar-refractivity contribution in [3.8, 4) is 5.75 Å². The standard InChI is InChI=1S/C27H24ClN3O5S/c1-26-21(13-33-27(26,2)22(14-34-26)36-25(32)16-6-4-3-5-7-16)35-20-9-8-17(12-18(20)28)31-24-23-19(10-11-37-23)29-15-30-24/h3-12,15,21-22H,13-14H2,1-2H3,(H,29,30,31)/t21-,22-,26+,27+/m0/s1. The van der Waals surface area contributed by atoms with Gasteiger partial charge in [0.25, 0.3) is 0 Å². The average Bonchev–Trinajstić information content (AvgIpc) is 3.55. The summed E-state index contributed by atoms with van der Waals surface area (Å²) >= 11 is 8.18. The van der Waals surface area contributed by atoms with Crippen molar-refractivity contribution in [3.05, 3.63) is 76.9 Å². The predicted octanol–water partition coefficient (Wildman–Crippen LogP) is 5.64. The van der Waals surface area contributed by atoms with Gasteiger partial charge in [0.05, 0.1) is 34.0 Å². The van der Waals surface area contributed by atoms with E-state index in [1.54, 1.807) is 47.7 Å². The summed E-state index contributed by atoms with van der Waals surface area (Å²) in [6.45, 7) is 4.29. The molecule has 4 heterocycles. The number of aromatic nitrogens is 2. The van der Waals surface area contributed by atoms with E-state index in [1.807, 2.05) is 37.4 Å². The maximum absolute atomic E-state index is 12.7. The second kappa shape index (κ2) is 9.25. The van der Waals surface area contributed by atoms with Gasteiger partial charge in [-0.25, -0.2) is 14.8 Å². The number of nitrogens with zero attached hydrogens (tertiary/aromatic N) is 2. The summed E-state index contributed by atoms with van der Waals surface area (Å²) in [6, 6.07) is 16.3. The van der Waals surface area contributed by atoms with Gasteiger partial charge in [0.15, 0.2) is 18.0 Å². The van der Waals surface area contributed by atoms with Crippen molar-refractivity contribution in [2.75, 3.05) is 18.5 Å². The van der Waals surface area contributed by atoms with E-state index in [0.717, 1.165) is 15.9 Å². The van der Waals surface area contributed by atoms with Crippen molar-refractivity contribution < 1.29 is 23.7 Å². The number of hydrogen-bond acceptors (Lipinski definition) is 9. The molecule has 4 atom stereocenters. The molecule has 0 spiro atoms. The van der Waals surface area contributed by atoms with E-state index in [0.29, 0.717) is 22.2 Å². The second-order valence-corrected chi connectivity index (χ2v) is 10.7. The predicted molar refractivity (Wildman–Crippen MR) is 141 cm³/mol. The molecule has 10 heteroatoms. The first-order valence-corrected chi connectivity index (χ1v) is 13.1. The van der Waals surface area contributed by atoms with E-state index in [1.165, 1.54) is 6.33 Å². The minimum atomic E-state index is -0.880. The molecule has 2 fully saturated rings. The molecule has 0 aliphatic carbocycles. The van der Waals surface area contributed by atoms with E-state index in [2.05, 4.69) is 15.3 Å². The molecule has 4 aromatic rings. The van der Waals surface area contributed by atoms with Crippen molar-refractivity contribution in [2.24, 2.45) is 0 Å². The Morgan fingerprint density at radius 1 is 1.05 bits per heavy atom. The Kier molecular flexibility index (Phi) is 6.03. The van der Waals surface area contributed by atoms with Gasteiger partial charge in [-0.2, -0.15) is 0 Å². The molecule has 8 nitrogen and oxygen atoms in total. The van der Waals surface area contributed by atoms with E-state index in [9.17, 15) is 4.79 Å². The number of ether oxygens (including phenoxy) is 4. The lowest BCUT2D eigenvalue weighted by molar-refractivity contribution is -0.106. The van der Waals surface area contributed by atoms with Crippen molar-refractivity contribution in [2.45, 2.75) is 37.3 Å². The van der Waals surface area contributed by atoms with Crippen LogP contribution in [0, 0.1) is 0 Å². The van der Waals surface area contributed by atoms with Crippen LogP contribution in [-0.2, 0) is 14.2 Å². The first-order chi connectivity index (χ1) is 17.9. The Bertz CT molecular complexity index is 1470. The SMILES string of the molecule is C[C@]12OC[C@H](Oc3ccc(Nc4ncnc5ccsc45)cc3Cl)[C@@]1(C)OC[C@@H]2OC(=O)c1ccccc1.